The number of thiazole rings is 1. The maximum Gasteiger partial charge on any atom is 0.246 e. The monoisotopic (exact) mass is 395 g/mol. The van der Waals surface area contributed by atoms with Crippen LogP contribution in [0, 0.1) is 0 Å². The molecule has 25 heavy (non-hydrogen) atoms. The molecule has 2 aromatic rings. The normalized spacial score (nSPS) is 12.0. The lowest BCUT2D eigenvalue weighted by Crippen LogP contribution is -2.45. The van der Waals surface area contributed by atoms with E-state index in [0.29, 0.717) is 3.89 Å². The van der Waals surface area contributed by atoms with E-state index in [1.165, 1.54) is 56.1 Å². The van der Waals surface area contributed by atoms with Gasteiger partial charge in [0.25, 0.3) is 0 Å². The summed E-state index contributed by atoms with van der Waals surface area (Å²) in [5.41, 5.74) is 1.04. The van der Waals surface area contributed by atoms with Crippen molar-refractivity contribution in [3.05, 3.63) is 29.3 Å². The minimum Gasteiger partial charge on any atom is -0.230 e. The summed E-state index contributed by atoms with van der Waals surface area (Å²) in [7, 11) is 0. The molecule has 0 N–H and O–H groups in total. The van der Waals surface area contributed by atoms with Gasteiger partial charge in [0.05, 0.1) is 36.1 Å². The third kappa shape index (κ3) is 6.02. The second-order valence-corrected chi connectivity index (χ2v) is 8.97. The number of nitrogens with zero attached hydrogens (tertiary/aromatic N) is 2. The molecule has 2 nitrogen and oxygen atoms in total. The quantitative estimate of drug-likeness (QED) is 0.194. The first kappa shape index (κ1) is 20.8. The van der Waals surface area contributed by atoms with E-state index >= 15 is 0 Å². The van der Waals surface area contributed by atoms with Crippen LogP contribution in [-0.4, -0.2) is 27.0 Å². The van der Waals surface area contributed by atoms with Gasteiger partial charge in [0.15, 0.2) is 5.01 Å². The summed E-state index contributed by atoms with van der Waals surface area (Å²) in [6.07, 6.45) is 9.96. The highest BCUT2D eigenvalue weighted by Crippen LogP contribution is 2.28. The lowest BCUT2D eigenvalue weighted by molar-refractivity contribution is -0.692. The molecule has 0 amide bonds. The van der Waals surface area contributed by atoms with Gasteiger partial charge in [-0.1, -0.05) is 51.7 Å². The topological polar surface area (TPSA) is 12.9 Å². The molecule has 0 radical (unpaired) electrons. The number of aromatic nitrogens is 1. The lowest BCUT2D eigenvalue weighted by atomic mass is 10.1. The SMILES string of the molecule is CCCCCC[N+](S)(CCCCCC)C(=S)c1nc2ccccc2s1. The smallest absolute Gasteiger partial charge is 0.230 e. The van der Waals surface area contributed by atoms with E-state index in [1.807, 2.05) is 6.07 Å². The van der Waals surface area contributed by atoms with Crippen molar-refractivity contribution in [2.24, 2.45) is 0 Å². The highest BCUT2D eigenvalue weighted by molar-refractivity contribution is 7.82. The van der Waals surface area contributed by atoms with E-state index in [1.54, 1.807) is 11.3 Å². The fourth-order valence-electron chi connectivity index (χ4n) is 3.06. The van der Waals surface area contributed by atoms with Crippen LogP contribution in [0.15, 0.2) is 24.3 Å². The number of thiocarbonyl (C=S) groups is 1. The number of quaternary nitrogens is 1. The molecular formula is C20H31N2S3+. The minimum absolute atomic E-state index is 0.572. The predicted molar refractivity (Wildman–Crippen MR) is 119 cm³/mol. The van der Waals surface area contributed by atoms with Gasteiger partial charge in [0.2, 0.25) is 4.99 Å². The maximum atomic E-state index is 5.90. The van der Waals surface area contributed by atoms with Crippen LogP contribution in [-0.2, 0) is 0 Å². The number of hydrogen-bond donors (Lipinski definition) is 1. The molecule has 0 aliphatic heterocycles. The van der Waals surface area contributed by atoms with Crippen LogP contribution >= 0.6 is 36.4 Å². The van der Waals surface area contributed by atoms with Crippen LogP contribution in [0.2, 0.25) is 0 Å². The highest BCUT2D eigenvalue weighted by Gasteiger charge is 2.32. The van der Waals surface area contributed by atoms with Crippen LogP contribution in [0.25, 0.3) is 10.2 Å². The first-order chi connectivity index (χ1) is 12.1. The Labute approximate surface area is 167 Å². The van der Waals surface area contributed by atoms with Gasteiger partial charge < -0.3 is 0 Å². The zero-order valence-corrected chi connectivity index (χ0v) is 18.1. The molecule has 1 aromatic heterocycles. The Kier molecular flexibility index (Phi) is 8.83. The molecule has 1 heterocycles. The number of benzene rings is 1. The van der Waals surface area contributed by atoms with Crippen LogP contribution in [0.5, 0.6) is 0 Å². The van der Waals surface area contributed by atoms with Gasteiger partial charge in [-0.05, 0) is 50.0 Å². The average molecular weight is 396 g/mol. The van der Waals surface area contributed by atoms with Gasteiger partial charge in [-0.25, -0.2) is 8.87 Å². The molecule has 0 fully saturated rings. The molecule has 1 aromatic carbocycles. The average Bonchev–Trinajstić information content (AvgIpc) is 3.06. The van der Waals surface area contributed by atoms with E-state index < -0.39 is 0 Å². The van der Waals surface area contributed by atoms with Crippen LogP contribution in [0.4, 0.5) is 0 Å². The third-order valence-electron chi connectivity index (χ3n) is 4.62. The number of para-hydroxylation sites is 1. The Balaban J connectivity index is 2.11. The fourth-order valence-corrected chi connectivity index (χ4v) is 4.83. The second kappa shape index (κ2) is 10.6. The van der Waals surface area contributed by atoms with E-state index in [9.17, 15) is 0 Å². The zero-order valence-electron chi connectivity index (χ0n) is 15.5. The summed E-state index contributed by atoms with van der Waals surface area (Å²) in [4.78, 5) is 5.68. The molecule has 0 spiro atoms. The maximum absolute atomic E-state index is 5.90. The Hall–Kier alpha value is -0.490. The molecule has 0 bridgehead atoms. The molecule has 138 valence electrons. The van der Waals surface area contributed by atoms with Gasteiger partial charge in [0.1, 0.15) is 0 Å². The molecule has 0 saturated heterocycles. The van der Waals surface area contributed by atoms with E-state index in [-0.39, 0.29) is 0 Å². The van der Waals surface area contributed by atoms with Crippen molar-refractivity contribution < 1.29 is 3.89 Å². The van der Waals surface area contributed by atoms with Crippen LogP contribution in [0.3, 0.4) is 0 Å². The molecule has 0 atom stereocenters. The Morgan fingerprint density at radius 2 is 1.60 bits per heavy atom. The molecule has 2 rings (SSSR count). The largest absolute Gasteiger partial charge is 0.246 e. The summed E-state index contributed by atoms with van der Waals surface area (Å²) >= 11 is 12.7. The predicted octanol–water partition coefficient (Wildman–Crippen LogP) is 6.79. The standard InChI is InChI=1S/C20H31N2S3/c1-3-5-7-11-15-22(24,16-12-8-6-4-2)20(23)19-21-17-13-9-10-14-18(17)25-19/h9-10,13-14,24H,3-8,11-12,15-16H2,1-2H3/q+1. The number of thiol groups is 1. The van der Waals surface area contributed by atoms with Crippen molar-refractivity contribution in [1.82, 2.24) is 4.98 Å². The van der Waals surface area contributed by atoms with Crippen molar-refractivity contribution >= 4 is 51.6 Å². The molecule has 0 unspecified atom stereocenters. The molecular weight excluding hydrogens is 364 g/mol. The number of rotatable bonds is 11. The fraction of sp³-hybridized carbons (Fsp3) is 0.600. The number of fused-ring (bicyclic) bond motifs is 1. The Morgan fingerprint density at radius 3 is 2.16 bits per heavy atom. The van der Waals surface area contributed by atoms with Crippen LogP contribution < -0.4 is 0 Å². The van der Waals surface area contributed by atoms with Crippen molar-refractivity contribution in [3.63, 3.8) is 0 Å². The summed E-state index contributed by atoms with van der Waals surface area (Å²) in [5, 5.41) is 0.970. The van der Waals surface area contributed by atoms with Gasteiger partial charge in [-0.2, -0.15) is 0 Å². The van der Waals surface area contributed by atoms with Crippen molar-refractivity contribution in [2.45, 2.75) is 65.2 Å². The molecule has 0 aliphatic rings. The summed E-state index contributed by atoms with van der Waals surface area (Å²) in [6.45, 7) is 6.51. The van der Waals surface area contributed by atoms with Crippen molar-refractivity contribution in [2.75, 3.05) is 13.1 Å². The van der Waals surface area contributed by atoms with E-state index in [2.05, 4.69) is 32.0 Å². The summed E-state index contributed by atoms with van der Waals surface area (Å²) in [5.74, 6) is 0. The third-order valence-corrected chi connectivity index (χ3v) is 7.07. The highest BCUT2D eigenvalue weighted by atomic mass is 32.1. The minimum atomic E-state index is 0.572. The van der Waals surface area contributed by atoms with Crippen molar-refractivity contribution in [3.8, 4) is 0 Å². The molecule has 0 aliphatic carbocycles. The van der Waals surface area contributed by atoms with Gasteiger partial charge in [-0.3, -0.25) is 0 Å². The van der Waals surface area contributed by atoms with Gasteiger partial charge in [-0.15, -0.1) is 11.3 Å². The van der Waals surface area contributed by atoms with Crippen molar-refractivity contribution in [1.29, 1.82) is 0 Å². The number of hydrogen-bond acceptors (Lipinski definition) is 4. The van der Waals surface area contributed by atoms with E-state index in [4.69, 9.17) is 30.0 Å². The Bertz CT molecular complexity index is 621. The zero-order chi connectivity index (χ0) is 18.1. The molecule has 5 heteroatoms. The summed E-state index contributed by atoms with van der Waals surface area (Å²) < 4.78 is 1.78. The van der Waals surface area contributed by atoms with Gasteiger partial charge in [0, 0.05) is 0 Å². The van der Waals surface area contributed by atoms with Crippen LogP contribution in [0.1, 0.15) is 70.2 Å². The first-order valence-electron chi connectivity index (χ1n) is 9.61. The first-order valence-corrected chi connectivity index (χ1v) is 11.2. The lowest BCUT2D eigenvalue weighted by Gasteiger charge is -2.31. The second-order valence-electron chi connectivity index (χ2n) is 6.78. The summed E-state index contributed by atoms with van der Waals surface area (Å²) in [6, 6.07) is 8.28. The number of unbranched alkanes of at least 4 members (excludes halogenated alkanes) is 6. The Morgan fingerprint density at radius 1 is 1.00 bits per heavy atom. The van der Waals surface area contributed by atoms with E-state index in [0.717, 1.165) is 28.6 Å². The molecule has 0 saturated carbocycles. The van der Waals surface area contributed by atoms with Gasteiger partial charge >= 0.3 is 0 Å².